The molecule has 6 rings (SSSR count). The van der Waals surface area contributed by atoms with Crippen LogP contribution in [0, 0.1) is 6.92 Å². The largest absolute Gasteiger partial charge is 0.355 e. The van der Waals surface area contributed by atoms with Crippen molar-refractivity contribution in [3.8, 4) is 0 Å². The Morgan fingerprint density at radius 3 is 1.74 bits per heavy atom. The predicted octanol–water partition coefficient (Wildman–Crippen LogP) is 9.14. The third kappa shape index (κ3) is 3.88. The van der Waals surface area contributed by atoms with E-state index < -0.39 is 0 Å². The van der Waals surface area contributed by atoms with Crippen LogP contribution in [0.2, 0.25) is 0 Å². The summed E-state index contributed by atoms with van der Waals surface area (Å²) < 4.78 is 0. The van der Waals surface area contributed by atoms with Crippen molar-refractivity contribution < 1.29 is 0 Å². The molecule has 4 heteroatoms. The van der Waals surface area contributed by atoms with Gasteiger partial charge in [0.1, 0.15) is 0 Å². The molecule has 0 saturated carbocycles. The highest BCUT2D eigenvalue weighted by Gasteiger charge is 2.24. The zero-order valence-corrected chi connectivity index (χ0v) is 23.9. The molecule has 0 spiro atoms. The third-order valence-electron chi connectivity index (χ3n) is 8.99. The SMILES string of the molecule is CCC1=C(C)c2cc3[nH]c(cc4[nH]c(cc5nc(cc1n2)C1=C5CCCC1)c(CC)c4C)c(CC)c3CC. The number of H-pyrrole nitrogens is 2. The second-order valence-corrected chi connectivity index (χ2v) is 11.0. The minimum absolute atomic E-state index is 0.967. The quantitative estimate of drug-likeness (QED) is 0.372. The fourth-order valence-electron chi connectivity index (χ4n) is 6.93. The summed E-state index contributed by atoms with van der Waals surface area (Å²) >= 11 is 0. The normalized spacial score (nSPS) is 15.4. The number of aromatic amines is 2. The number of fused-ring (bicyclic) bond motifs is 10. The molecule has 3 aromatic heterocycles. The second kappa shape index (κ2) is 9.72. The molecule has 4 nitrogen and oxygen atoms in total. The zero-order valence-electron chi connectivity index (χ0n) is 23.9. The van der Waals surface area contributed by atoms with E-state index in [9.17, 15) is 0 Å². The minimum atomic E-state index is 0.967. The van der Waals surface area contributed by atoms with Crippen LogP contribution in [0.1, 0.15) is 112 Å². The van der Waals surface area contributed by atoms with E-state index in [-0.39, 0.29) is 0 Å². The number of nitrogens with zero attached hydrogens (tertiary/aromatic N) is 2. The molecule has 0 unspecified atom stereocenters. The molecule has 3 aliphatic rings. The number of rotatable bonds is 4. The van der Waals surface area contributed by atoms with Crippen LogP contribution in [0.3, 0.4) is 0 Å². The van der Waals surface area contributed by atoms with Crippen LogP contribution in [0.5, 0.6) is 0 Å². The van der Waals surface area contributed by atoms with Gasteiger partial charge in [0.15, 0.2) is 0 Å². The smallest absolute Gasteiger partial charge is 0.0694 e. The van der Waals surface area contributed by atoms with Crippen molar-refractivity contribution in [3.63, 3.8) is 0 Å². The Hall–Kier alpha value is -3.40. The van der Waals surface area contributed by atoms with E-state index in [0.717, 1.165) is 61.3 Å². The van der Waals surface area contributed by atoms with Gasteiger partial charge in [-0.25, -0.2) is 9.97 Å². The highest BCUT2D eigenvalue weighted by molar-refractivity contribution is 5.96. The molecule has 0 radical (unpaired) electrons. The van der Waals surface area contributed by atoms with E-state index in [1.165, 1.54) is 79.5 Å². The molecule has 5 heterocycles. The van der Waals surface area contributed by atoms with Crippen LogP contribution < -0.4 is 0 Å². The Morgan fingerprint density at radius 2 is 1.11 bits per heavy atom. The van der Waals surface area contributed by atoms with Crippen LogP contribution in [0.25, 0.3) is 44.4 Å². The molecule has 1 aliphatic carbocycles. The molecule has 0 aromatic carbocycles. The lowest BCUT2D eigenvalue weighted by atomic mass is 9.89. The van der Waals surface area contributed by atoms with Crippen molar-refractivity contribution >= 4 is 44.4 Å². The molecule has 0 atom stereocenters. The Bertz CT molecular complexity index is 1670. The first-order valence-corrected chi connectivity index (χ1v) is 14.7. The van der Waals surface area contributed by atoms with Gasteiger partial charge in [0.25, 0.3) is 0 Å². The summed E-state index contributed by atoms with van der Waals surface area (Å²) in [6, 6.07) is 9.20. The van der Waals surface area contributed by atoms with Gasteiger partial charge in [-0.1, -0.05) is 27.7 Å². The fourth-order valence-corrected chi connectivity index (χ4v) is 6.93. The topological polar surface area (TPSA) is 57.4 Å². The minimum Gasteiger partial charge on any atom is -0.355 e. The maximum absolute atomic E-state index is 5.27. The van der Waals surface area contributed by atoms with Crippen LogP contribution >= 0.6 is 0 Å². The van der Waals surface area contributed by atoms with E-state index in [4.69, 9.17) is 9.97 Å². The maximum atomic E-state index is 5.27. The number of aromatic nitrogens is 4. The zero-order chi connectivity index (χ0) is 26.6. The van der Waals surface area contributed by atoms with Crippen molar-refractivity contribution in [1.29, 1.82) is 0 Å². The lowest BCUT2D eigenvalue weighted by molar-refractivity contribution is 0.756. The van der Waals surface area contributed by atoms with E-state index in [2.05, 4.69) is 75.8 Å². The first-order valence-electron chi connectivity index (χ1n) is 14.7. The summed E-state index contributed by atoms with van der Waals surface area (Å²) in [4.78, 5) is 18.1. The van der Waals surface area contributed by atoms with Gasteiger partial charge < -0.3 is 9.97 Å². The Kier molecular flexibility index (Phi) is 6.37. The number of nitrogens with one attached hydrogen (secondary N) is 2. The first-order chi connectivity index (χ1) is 18.5. The third-order valence-corrected chi connectivity index (χ3v) is 8.99. The predicted molar refractivity (Wildman–Crippen MR) is 162 cm³/mol. The summed E-state index contributed by atoms with van der Waals surface area (Å²) in [6.07, 6.45) is 8.65. The van der Waals surface area contributed by atoms with Gasteiger partial charge in [0.2, 0.25) is 0 Å². The molecule has 0 fully saturated rings. The van der Waals surface area contributed by atoms with E-state index in [1.54, 1.807) is 0 Å². The summed E-state index contributed by atoms with van der Waals surface area (Å²) in [7, 11) is 0. The Morgan fingerprint density at radius 1 is 0.579 bits per heavy atom. The number of hydrogen-bond acceptors (Lipinski definition) is 2. The summed E-state index contributed by atoms with van der Waals surface area (Å²) in [5, 5.41) is 0. The van der Waals surface area contributed by atoms with Gasteiger partial charge in [-0.2, -0.15) is 0 Å². The van der Waals surface area contributed by atoms with Crippen molar-refractivity contribution in [2.75, 3.05) is 0 Å². The maximum Gasteiger partial charge on any atom is 0.0694 e. The Labute approximate surface area is 226 Å². The molecule has 0 saturated heterocycles. The van der Waals surface area contributed by atoms with Crippen LogP contribution in [-0.2, 0) is 19.3 Å². The number of allylic oxidation sites excluding steroid dienone is 4. The van der Waals surface area contributed by atoms with Gasteiger partial charge in [0.05, 0.1) is 22.8 Å². The molecule has 8 bridgehead atoms. The number of hydrogen-bond donors (Lipinski definition) is 2. The van der Waals surface area contributed by atoms with Crippen LogP contribution in [0.15, 0.2) is 24.3 Å². The van der Waals surface area contributed by atoms with E-state index in [1.807, 2.05) is 0 Å². The van der Waals surface area contributed by atoms with E-state index in [0.29, 0.717) is 0 Å². The lowest BCUT2D eigenvalue weighted by Gasteiger charge is -2.13. The molecule has 2 N–H and O–H groups in total. The second-order valence-electron chi connectivity index (χ2n) is 11.0. The summed E-state index contributed by atoms with van der Waals surface area (Å²) in [5.41, 5.74) is 20.2. The lowest BCUT2D eigenvalue weighted by Crippen LogP contribution is -1.94. The van der Waals surface area contributed by atoms with Crippen LogP contribution in [0.4, 0.5) is 0 Å². The summed E-state index contributed by atoms with van der Waals surface area (Å²) in [6.45, 7) is 13.5. The first kappa shape index (κ1) is 24.9. The monoisotopic (exact) mass is 504 g/mol. The molecule has 3 aromatic rings. The van der Waals surface area contributed by atoms with Crippen molar-refractivity contribution in [2.24, 2.45) is 0 Å². The average Bonchev–Trinajstić information content (AvgIpc) is 3.61. The van der Waals surface area contributed by atoms with Crippen molar-refractivity contribution in [2.45, 2.75) is 92.9 Å². The molecular weight excluding hydrogens is 464 g/mol. The molecule has 0 amide bonds. The standard InChI is InChI=1S/C34H40N4/c1-7-21-19(5)27-15-31-23(9-3)24(10-4)32(37-31)16-28-20(6)22(8-2)30(36-28)18-34-26-14-12-11-13-25(26)33(38-34)17-29(21)35-27/h15-18,35,37H,7-14H2,1-6H3. The van der Waals surface area contributed by atoms with Crippen molar-refractivity contribution in [3.05, 3.63) is 69.3 Å². The number of aryl methyl sites for hydroxylation is 4. The van der Waals surface area contributed by atoms with E-state index >= 15 is 0 Å². The molecule has 38 heavy (non-hydrogen) atoms. The average molecular weight is 505 g/mol. The molecule has 2 aliphatic heterocycles. The van der Waals surface area contributed by atoms with Gasteiger partial charge in [-0.15, -0.1) is 0 Å². The van der Waals surface area contributed by atoms with Crippen LogP contribution in [-0.4, -0.2) is 19.9 Å². The Balaban J connectivity index is 1.79. The summed E-state index contributed by atoms with van der Waals surface area (Å²) in [5.74, 6) is 0. The fraction of sp³-hybridized carbons (Fsp3) is 0.412. The van der Waals surface area contributed by atoms with Crippen molar-refractivity contribution in [1.82, 2.24) is 19.9 Å². The highest BCUT2D eigenvalue weighted by Crippen LogP contribution is 2.42. The van der Waals surface area contributed by atoms with Gasteiger partial charge in [-0.3, -0.25) is 0 Å². The van der Waals surface area contributed by atoms with Gasteiger partial charge >= 0.3 is 0 Å². The van der Waals surface area contributed by atoms with Gasteiger partial charge in [0, 0.05) is 22.1 Å². The molecule has 196 valence electrons. The van der Waals surface area contributed by atoms with Gasteiger partial charge in [-0.05, 0) is 134 Å². The highest BCUT2D eigenvalue weighted by atomic mass is 14.8. The molecular formula is C34H40N4.